The van der Waals surface area contributed by atoms with Gasteiger partial charge in [0.05, 0.1) is 18.7 Å². The van der Waals surface area contributed by atoms with Crippen molar-refractivity contribution >= 4 is 29.0 Å². The smallest absolute Gasteiger partial charge is 0.264 e. The van der Waals surface area contributed by atoms with Gasteiger partial charge in [0.2, 0.25) is 5.78 Å². The van der Waals surface area contributed by atoms with Crippen molar-refractivity contribution in [3.8, 4) is 0 Å². The molecule has 3 aromatic rings. The fourth-order valence-electron chi connectivity index (χ4n) is 3.71. The summed E-state index contributed by atoms with van der Waals surface area (Å²) in [6.07, 6.45) is -0.420. The number of hydrogen-bond donors (Lipinski definition) is 1. The van der Waals surface area contributed by atoms with E-state index in [1.807, 2.05) is 31.2 Å². The summed E-state index contributed by atoms with van der Waals surface area (Å²) in [4.78, 5) is 27.6. The lowest BCUT2D eigenvalue weighted by atomic mass is 9.89. The van der Waals surface area contributed by atoms with Crippen LogP contribution in [0, 0.1) is 13.8 Å². The van der Waals surface area contributed by atoms with Crippen LogP contribution in [0.5, 0.6) is 0 Å². The van der Waals surface area contributed by atoms with Crippen molar-refractivity contribution in [3.63, 3.8) is 0 Å². The molecule has 1 aromatic heterocycles. The molecule has 0 spiro atoms. The van der Waals surface area contributed by atoms with Crippen molar-refractivity contribution in [1.82, 2.24) is 0 Å². The van der Waals surface area contributed by atoms with Gasteiger partial charge in [0.25, 0.3) is 5.91 Å². The molecule has 0 saturated heterocycles. The van der Waals surface area contributed by atoms with Gasteiger partial charge in [-0.15, -0.1) is 0 Å². The Hall–Kier alpha value is -2.89. The monoisotopic (exact) mass is 409 g/mol. The molecule has 6 heteroatoms. The van der Waals surface area contributed by atoms with Gasteiger partial charge < -0.3 is 14.4 Å². The third-order valence-corrected chi connectivity index (χ3v) is 5.55. The average Bonchev–Trinajstić information content (AvgIpc) is 3.20. The van der Waals surface area contributed by atoms with Gasteiger partial charge in [-0.05, 0) is 55.3 Å². The summed E-state index contributed by atoms with van der Waals surface area (Å²) < 4.78 is 5.37. The Morgan fingerprint density at radius 3 is 2.59 bits per heavy atom. The number of carbonyl (C=O) groups excluding carboxylic acids is 2. The Morgan fingerprint density at radius 2 is 1.90 bits per heavy atom. The molecule has 0 bridgehead atoms. The number of hydrogen-bond acceptors (Lipinski definition) is 4. The number of benzene rings is 2. The van der Waals surface area contributed by atoms with Crippen LogP contribution in [0.15, 0.2) is 59.0 Å². The van der Waals surface area contributed by atoms with E-state index in [0.29, 0.717) is 22.0 Å². The number of nitrogens with zero attached hydrogens (tertiary/aromatic N) is 1. The molecule has 0 radical (unpaired) electrons. The number of furan rings is 1. The summed E-state index contributed by atoms with van der Waals surface area (Å²) >= 11 is 6.14. The first-order valence-electron chi connectivity index (χ1n) is 9.28. The first-order chi connectivity index (χ1) is 13.8. The molecule has 5 nitrogen and oxygen atoms in total. The molecule has 0 fully saturated rings. The Morgan fingerprint density at radius 1 is 1.14 bits per heavy atom. The fourth-order valence-corrected chi connectivity index (χ4v) is 3.88. The molecule has 1 aliphatic heterocycles. The lowest BCUT2D eigenvalue weighted by molar-refractivity contribution is -0.136. The second-order valence-corrected chi connectivity index (χ2v) is 7.79. The van der Waals surface area contributed by atoms with Crippen LogP contribution in [-0.2, 0) is 16.9 Å². The number of aryl methyl sites for hydroxylation is 2. The quantitative estimate of drug-likeness (QED) is 0.627. The Balaban J connectivity index is 1.73. The fraction of sp³-hybridized carbons (Fsp3) is 0.217. The van der Waals surface area contributed by atoms with E-state index in [1.54, 1.807) is 37.3 Å². The zero-order valence-corrected chi connectivity index (χ0v) is 16.9. The van der Waals surface area contributed by atoms with Crippen molar-refractivity contribution in [2.45, 2.75) is 32.4 Å². The highest BCUT2D eigenvalue weighted by Gasteiger charge is 2.51. The number of halogens is 1. The highest BCUT2D eigenvalue weighted by atomic mass is 35.5. The molecule has 1 N–H and O–H groups in total. The van der Waals surface area contributed by atoms with E-state index < -0.39 is 23.7 Å². The van der Waals surface area contributed by atoms with Crippen molar-refractivity contribution in [2.24, 2.45) is 0 Å². The Labute approximate surface area is 173 Å². The molecule has 1 atom stereocenters. The van der Waals surface area contributed by atoms with E-state index in [4.69, 9.17) is 16.0 Å². The number of Topliss-reactive ketones (excluding diaryl/α,β-unsaturated/α-hetero) is 1. The second-order valence-electron chi connectivity index (χ2n) is 7.35. The number of ketones is 1. The molecule has 1 unspecified atom stereocenters. The van der Waals surface area contributed by atoms with E-state index in [0.717, 1.165) is 11.1 Å². The van der Waals surface area contributed by atoms with Gasteiger partial charge in [0, 0.05) is 10.6 Å². The number of carbonyl (C=O) groups is 2. The molecule has 1 aliphatic rings. The van der Waals surface area contributed by atoms with E-state index >= 15 is 0 Å². The van der Waals surface area contributed by atoms with Gasteiger partial charge in [-0.1, -0.05) is 35.9 Å². The third-order valence-electron chi connectivity index (χ3n) is 5.32. The van der Waals surface area contributed by atoms with Crippen LogP contribution in [0.2, 0.25) is 5.02 Å². The average molecular weight is 410 g/mol. The molecule has 2 aromatic carbocycles. The number of anilines is 1. The number of aliphatic hydroxyl groups is 1. The minimum absolute atomic E-state index is 0.115. The van der Waals surface area contributed by atoms with E-state index in [1.165, 1.54) is 4.90 Å². The van der Waals surface area contributed by atoms with Gasteiger partial charge in [0.15, 0.2) is 11.4 Å². The number of amides is 1. The normalized spacial score (nSPS) is 18.2. The lowest BCUT2D eigenvalue weighted by Gasteiger charge is -2.23. The predicted octanol–water partition coefficient (Wildman–Crippen LogP) is 4.56. The van der Waals surface area contributed by atoms with E-state index in [-0.39, 0.29) is 12.3 Å². The largest absolute Gasteiger partial charge is 0.458 e. The standard InChI is InChI=1S/C23H20ClNO4/c1-14-5-3-4-6-16(14)13-25-19-9-8-17(24)11-18(19)23(28,22(25)27)12-20(26)21-10-7-15(2)29-21/h3-11,28H,12-13H2,1-2H3. The van der Waals surface area contributed by atoms with E-state index in [2.05, 4.69) is 0 Å². The zero-order chi connectivity index (χ0) is 20.8. The number of rotatable bonds is 5. The summed E-state index contributed by atoms with van der Waals surface area (Å²) in [6, 6.07) is 15.9. The Bertz CT molecular complexity index is 1120. The zero-order valence-electron chi connectivity index (χ0n) is 16.1. The van der Waals surface area contributed by atoms with Crippen LogP contribution < -0.4 is 4.90 Å². The minimum atomic E-state index is -2.00. The van der Waals surface area contributed by atoms with Crippen molar-refractivity contribution in [2.75, 3.05) is 4.90 Å². The van der Waals surface area contributed by atoms with Gasteiger partial charge in [0.1, 0.15) is 5.76 Å². The van der Waals surface area contributed by atoms with Crippen LogP contribution in [0.25, 0.3) is 0 Å². The van der Waals surface area contributed by atoms with Crippen LogP contribution in [0.3, 0.4) is 0 Å². The maximum Gasteiger partial charge on any atom is 0.264 e. The molecule has 148 valence electrons. The second kappa shape index (κ2) is 7.17. The Kier molecular flexibility index (Phi) is 4.81. The molecular formula is C23H20ClNO4. The maximum atomic E-state index is 13.3. The third kappa shape index (κ3) is 3.37. The summed E-state index contributed by atoms with van der Waals surface area (Å²) in [7, 11) is 0. The molecule has 4 rings (SSSR count). The van der Waals surface area contributed by atoms with Crippen LogP contribution in [-0.4, -0.2) is 16.8 Å². The van der Waals surface area contributed by atoms with Crippen molar-refractivity contribution in [1.29, 1.82) is 0 Å². The maximum absolute atomic E-state index is 13.3. The predicted molar refractivity (Wildman–Crippen MR) is 110 cm³/mol. The molecule has 29 heavy (non-hydrogen) atoms. The lowest BCUT2D eigenvalue weighted by Crippen LogP contribution is -2.41. The van der Waals surface area contributed by atoms with E-state index in [9.17, 15) is 14.7 Å². The summed E-state index contributed by atoms with van der Waals surface area (Å²) in [5.41, 5.74) is 0.877. The van der Waals surface area contributed by atoms with Gasteiger partial charge >= 0.3 is 0 Å². The highest BCUT2D eigenvalue weighted by Crippen LogP contribution is 2.45. The van der Waals surface area contributed by atoms with Crippen molar-refractivity contribution in [3.05, 3.63) is 87.8 Å². The summed E-state index contributed by atoms with van der Waals surface area (Å²) in [5, 5.41) is 11.8. The molecular weight excluding hydrogens is 390 g/mol. The topological polar surface area (TPSA) is 70.8 Å². The van der Waals surface area contributed by atoms with Crippen molar-refractivity contribution < 1.29 is 19.1 Å². The minimum Gasteiger partial charge on any atom is -0.458 e. The molecule has 1 amide bonds. The van der Waals surface area contributed by atoms with Crippen LogP contribution in [0.4, 0.5) is 5.69 Å². The van der Waals surface area contributed by atoms with Gasteiger partial charge in [-0.3, -0.25) is 9.59 Å². The SMILES string of the molecule is Cc1ccc(C(=O)CC2(O)C(=O)N(Cc3ccccc3C)c3ccc(Cl)cc32)o1. The molecule has 0 saturated carbocycles. The molecule has 0 aliphatic carbocycles. The summed E-state index contributed by atoms with van der Waals surface area (Å²) in [5.74, 6) is -0.292. The first kappa shape index (κ1) is 19.4. The number of fused-ring (bicyclic) bond motifs is 1. The molecule has 2 heterocycles. The van der Waals surface area contributed by atoms with Crippen LogP contribution >= 0.6 is 11.6 Å². The summed E-state index contributed by atoms with van der Waals surface area (Å²) in [6.45, 7) is 3.98. The first-order valence-corrected chi connectivity index (χ1v) is 9.66. The van der Waals surface area contributed by atoms with Gasteiger partial charge in [-0.2, -0.15) is 0 Å². The van der Waals surface area contributed by atoms with Gasteiger partial charge in [-0.25, -0.2) is 0 Å². The highest BCUT2D eigenvalue weighted by molar-refractivity contribution is 6.31. The van der Waals surface area contributed by atoms with Crippen LogP contribution in [0.1, 0.15) is 39.4 Å².